The summed E-state index contributed by atoms with van der Waals surface area (Å²) in [5.41, 5.74) is 1.06. The molecule has 0 saturated carbocycles. The number of amides is 1. The molecule has 0 spiro atoms. The maximum atomic E-state index is 11.8. The van der Waals surface area contributed by atoms with Gasteiger partial charge in [0.05, 0.1) is 19.8 Å². The Morgan fingerprint density at radius 1 is 1.20 bits per heavy atom. The van der Waals surface area contributed by atoms with Gasteiger partial charge in [0, 0.05) is 6.67 Å². The largest absolute Gasteiger partial charge is 0.317 e. The lowest BCUT2D eigenvalue weighted by molar-refractivity contribution is -0.132. The fraction of sp³-hybridized carbons (Fsp3) is 0.364. The average Bonchev–Trinajstić information content (AvgIpc) is 2.31. The minimum atomic E-state index is 0.154. The Kier molecular flexibility index (Phi) is 3.32. The standard InChI is InChI=1S/C11H15N3O/c15-11(14-8-12-7-13-9-14)6-10-4-2-1-3-5-10/h1-5,12-13H,6-9H2. The van der Waals surface area contributed by atoms with Crippen LogP contribution in [0.2, 0.25) is 0 Å². The van der Waals surface area contributed by atoms with Crippen molar-refractivity contribution in [3.63, 3.8) is 0 Å². The Morgan fingerprint density at radius 3 is 2.53 bits per heavy atom. The highest BCUT2D eigenvalue weighted by Gasteiger charge is 2.15. The molecule has 1 aliphatic rings. The van der Waals surface area contributed by atoms with Crippen LogP contribution in [0.4, 0.5) is 0 Å². The van der Waals surface area contributed by atoms with E-state index in [9.17, 15) is 4.79 Å². The number of carbonyl (C=O) groups is 1. The van der Waals surface area contributed by atoms with Crippen LogP contribution in [0.5, 0.6) is 0 Å². The van der Waals surface area contributed by atoms with Crippen molar-refractivity contribution >= 4 is 5.91 Å². The van der Waals surface area contributed by atoms with E-state index in [1.165, 1.54) is 0 Å². The zero-order chi connectivity index (χ0) is 10.5. The highest BCUT2D eigenvalue weighted by atomic mass is 16.2. The van der Waals surface area contributed by atoms with Gasteiger partial charge in [0.15, 0.2) is 0 Å². The Balaban J connectivity index is 1.91. The van der Waals surface area contributed by atoms with Gasteiger partial charge in [0.2, 0.25) is 5.91 Å². The van der Waals surface area contributed by atoms with Crippen LogP contribution < -0.4 is 10.6 Å². The van der Waals surface area contributed by atoms with E-state index in [2.05, 4.69) is 10.6 Å². The van der Waals surface area contributed by atoms with Gasteiger partial charge < -0.3 is 4.90 Å². The van der Waals surface area contributed by atoms with Crippen LogP contribution in [0.25, 0.3) is 0 Å². The number of carbonyl (C=O) groups excluding carboxylic acids is 1. The molecule has 1 aromatic carbocycles. The van der Waals surface area contributed by atoms with E-state index in [0.717, 1.165) is 12.2 Å². The Bertz CT molecular complexity index is 320. The summed E-state index contributed by atoms with van der Waals surface area (Å²) in [7, 11) is 0. The predicted octanol–water partition coefficient (Wildman–Crippen LogP) is 0.123. The summed E-state index contributed by atoms with van der Waals surface area (Å²) in [6.07, 6.45) is 0.476. The number of benzene rings is 1. The van der Waals surface area contributed by atoms with E-state index in [-0.39, 0.29) is 5.91 Å². The number of hydrogen-bond acceptors (Lipinski definition) is 3. The minimum Gasteiger partial charge on any atom is -0.317 e. The molecule has 2 rings (SSSR count). The molecule has 0 unspecified atom stereocenters. The number of nitrogens with zero attached hydrogens (tertiary/aromatic N) is 1. The number of hydrogen-bond donors (Lipinski definition) is 2. The first kappa shape index (κ1) is 10.1. The van der Waals surface area contributed by atoms with E-state index in [1.54, 1.807) is 4.90 Å². The van der Waals surface area contributed by atoms with Gasteiger partial charge in [0.1, 0.15) is 0 Å². The average molecular weight is 205 g/mol. The highest BCUT2D eigenvalue weighted by molar-refractivity contribution is 5.78. The van der Waals surface area contributed by atoms with Gasteiger partial charge in [-0.3, -0.25) is 15.4 Å². The molecule has 0 bridgehead atoms. The van der Waals surface area contributed by atoms with Crippen LogP contribution in [0.3, 0.4) is 0 Å². The van der Waals surface area contributed by atoms with Crippen LogP contribution in [0, 0.1) is 0 Å². The molecule has 0 radical (unpaired) electrons. The summed E-state index contributed by atoms with van der Waals surface area (Å²) in [4.78, 5) is 13.6. The molecule has 1 saturated heterocycles. The Hall–Kier alpha value is -1.39. The molecule has 1 aliphatic heterocycles. The van der Waals surface area contributed by atoms with Crippen molar-refractivity contribution in [1.82, 2.24) is 15.5 Å². The fourth-order valence-corrected chi connectivity index (χ4v) is 1.58. The molecule has 0 aliphatic carbocycles. The lowest BCUT2D eigenvalue weighted by atomic mass is 10.1. The normalized spacial score (nSPS) is 16.4. The minimum absolute atomic E-state index is 0.154. The second kappa shape index (κ2) is 4.91. The molecular weight excluding hydrogens is 190 g/mol. The first-order valence-corrected chi connectivity index (χ1v) is 5.09. The second-order valence-electron chi connectivity index (χ2n) is 3.59. The molecule has 1 amide bonds. The molecule has 0 atom stereocenters. The molecular formula is C11H15N3O. The van der Waals surface area contributed by atoms with E-state index >= 15 is 0 Å². The Morgan fingerprint density at radius 2 is 1.87 bits per heavy atom. The molecule has 1 heterocycles. The summed E-state index contributed by atoms with van der Waals surface area (Å²) in [5.74, 6) is 0.154. The first-order valence-electron chi connectivity index (χ1n) is 5.09. The third-order valence-corrected chi connectivity index (χ3v) is 2.41. The molecule has 0 aromatic heterocycles. The monoisotopic (exact) mass is 205 g/mol. The number of nitrogens with one attached hydrogen (secondary N) is 2. The van der Waals surface area contributed by atoms with E-state index in [4.69, 9.17) is 0 Å². The van der Waals surface area contributed by atoms with Gasteiger partial charge in [-0.15, -0.1) is 0 Å². The van der Waals surface area contributed by atoms with Gasteiger partial charge in [-0.2, -0.15) is 0 Å². The fourth-order valence-electron chi connectivity index (χ4n) is 1.58. The van der Waals surface area contributed by atoms with Crippen LogP contribution in [0.1, 0.15) is 5.56 Å². The van der Waals surface area contributed by atoms with Crippen molar-refractivity contribution in [2.24, 2.45) is 0 Å². The molecule has 2 N–H and O–H groups in total. The molecule has 4 nitrogen and oxygen atoms in total. The van der Waals surface area contributed by atoms with Crippen LogP contribution in [0.15, 0.2) is 30.3 Å². The second-order valence-corrected chi connectivity index (χ2v) is 3.59. The lowest BCUT2D eigenvalue weighted by Gasteiger charge is -2.28. The maximum absolute atomic E-state index is 11.8. The third-order valence-electron chi connectivity index (χ3n) is 2.41. The molecule has 15 heavy (non-hydrogen) atoms. The quantitative estimate of drug-likeness (QED) is 0.721. The first-order chi connectivity index (χ1) is 7.36. The van der Waals surface area contributed by atoms with E-state index in [1.807, 2.05) is 30.3 Å². The van der Waals surface area contributed by atoms with Crippen molar-refractivity contribution < 1.29 is 4.79 Å². The zero-order valence-corrected chi connectivity index (χ0v) is 8.57. The molecule has 1 aromatic rings. The molecule has 80 valence electrons. The van der Waals surface area contributed by atoms with Crippen molar-refractivity contribution in [2.45, 2.75) is 6.42 Å². The summed E-state index contributed by atoms with van der Waals surface area (Å²) < 4.78 is 0. The van der Waals surface area contributed by atoms with Crippen molar-refractivity contribution in [1.29, 1.82) is 0 Å². The predicted molar refractivity (Wildman–Crippen MR) is 57.9 cm³/mol. The van der Waals surface area contributed by atoms with Gasteiger partial charge in [-0.1, -0.05) is 30.3 Å². The Labute approximate surface area is 89.3 Å². The van der Waals surface area contributed by atoms with Crippen molar-refractivity contribution in [3.05, 3.63) is 35.9 Å². The van der Waals surface area contributed by atoms with Gasteiger partial charge in [-0.05, 0) is 5.56 Å². The zero-order valence-electron chi connectivity index (χ0n) is 8.57. The summed E-state index contributed by atoms with van der Waals surface area (Å²) in [6, 6.07) is 9.81. The summed E-state index contributed by atoms with van der Waals surface area (Å²) >= 11 is 0. The summed E-state index contributed by atoms with van der Waals surface area (Å²) in [6.45, 7) is 2.05. The number of rotatable bonds is 2. The van der Waals surface area contributed by atoms with Crippen LogP contribution >= 0.6 is 0 Å². The van der Waals surface area contributed by atoms with E-state index < -0.39 is 0 Å². The van der Waals surface area contributed by atoms with Gasteiger partial charge >= 0.3 is 0 Å². The molecule has 1 fully saturated rings. The SMILES string of the molecule is O=C(Cc1ccccc1)N1CNCNC1. The lowest BCUT2D eigenvalue weighted by Crippen LogP contribution is -2.53. The molecule has 4 heteroatoms. The van der Waals surface area contributed by atoms with Crippen LogP contribution in [-0.2, 0) is 11.2 Å². The topological polar surface area (TPSA) is 44.4 Å². The maximum Gasteiger partial charge on any atom is 0.229 e. The third kappa shape index (κ3) is 2.78. The van der Waals surface area contributed by atoms with Crippen LogP contribution in [-0.4, -0.2) is 30.8 Å². The van der Waals surface area contributed by atoms with E-state index in [0.29, 0.717) is 19.8 Å². The van der Waals surface area contributed by atoms with Crippen molar-refractivity contribution in [2.75, 3.05) is 20.0 Å². The van der Waals surface area contributed by atoms with Gasteiger partial charge in [-0.25, -0.2) is 0 Å². The smallest absolute Gasteiger partial charge is 0.229 e. The highest BCUT2D eigenvalue weighted by Crippen LogP contribution is 2.02. The van der Waals surface area contributed by atoms with Gasteiger partial charge in [0.25, 0.3) is 0 Å². The summed E-state index contributed by atoms with van der Waals surface area (Å²) in [5, 5.41) is 6.19. The van der Waals surface area contributed by atoms with Crippen molar-refractivity contribution in [3.8, 4) is 0 Å².